The summed E-state index contributed by atoms with van der Waals surface area (Å²) in [5.41, 5.74) is 0.541. The van der Waals surface area contributed by atoms with Gasteiger partial charge in [0.2, 0.25) is 0 Å². The van der Waals surface area contributed by atoms with Gasteiger partial charge in [-0.05, 0) is 19.9 Å². The zero-order valence-electron chi connectivity index (χ0n) is 11.2. The molecule has 0 radical (unpaired) electrons. The van der Waals surface area contributed by atoms with E-state index in [-0.39, 0.29) is 30.6 Å². The highest BCUT2D eigenvalue weighted by atomic mass is 35.5. The van der Waals surface area contributed by atoms with Gasteiger partial charge in [0.15, 0.2) is 11.5 Å². The van der Waals surface area contributed by atoms with Crippen molar-refractivity contribution < 1.29 is 19.7 Å². The van der Waals surface area contributed by atoms with Gasteiger partial charge >= 0.3 is 5.97 Å². The minimum absolute atomic E-state index is 0.0112. The van der Waals surface area contributed by atoms with Crippen LogP contribution >= 0.6 is 11.6 Å². The van der Waals surface area contributed by atoms with Crippen LogP contribution in [0.25, 0.3) is 0 Å². The lowest BCUT2D eigenvalue weighted by Crippen LogP contribution is -2.35. The average Bonchev–Trinajstić information content (AvgIpc) is 2.31. The molecule has 19 heavy (non-hydrogen) atoms. The quantitative estimate of drug-likeness (QED) is 0.840. The largest absolute Gasteiger partial charge is 0.504 e. The summed E-state index contributed by atoms with van der Waals surface area (Å²) in [6.07, 6.45) is 0. The van der Waals surface area contributed by atoms with Crippen molar-refractivity contribution in [3.8, 4) is 11.5 Å². The molecule has 0 saturated carbocycles. The number of rotatable bonds is 6. The van der Waals surface area contributed by atoms with Crippen LogP contribution in [0.15, 0.2) is 12.1 Å². The molecular weight excluding hydrogens is 270 g/mol. The molecular formula is C13H18ClNO4. The van der Waals surface area contributed by atoms with Crippen LogP contribution in [0.4, 0.5) is 0 Å². The Morgan fingerprint density at radius 2 is 2.11 bits per heavy atom. The third kappa shape index (κ3) is 4.29. The summed E-state index contributed by atoms with van der Waals surface area (Å²) < 4.78 is 5.02. The van der Waals surface area contributed by atoms with Crippen LogP contribution in [0.2, 0.25) is 5.02 Å². The van der Waals surface area contributed by atoms with Gasteiger partial charge in [0.05, 0.1) is 13.7 Å². The Morgan fingerprint density at radius 3 is 2.58 bits per heavy atom. The van der Waals surface area contributed by atoms with E-state index in [0.717, 1.165) is 0 Å². The zero-order valence-corrected chi connectivity index (χ0v) is 11.9. The molecule has 1 aromatic rings. The van der Waals surface area contributed by atoms with E-state index in [1.165, 1.54) is 13.2 Å². The van der Waals surface area contributed by atoms with Crippen molar-refractivity contribution in [3.63, 3.8) is 0 Å². The molecule has 2 N–H and O–H groups in total. The highest BCUT2D eigenvalue weighted by Gasteiger charge is 2.18. The van der Waals surface area contributed by atoms with E-state index in [9.17, 15) is 9.90 Å². The Bertz CT molecular complexity index is 462. The summed E-state index contributed by atoms with van der Waals surface area (Å²) in [6.45, 7) is 3.96. The van der Waals surface area contributed by atoms with Gasteiger partial charge < -0.3 is 14.9 Å². The van der Waals surface area contributed by atoms with Gasteiger partial charge in [-0.3, -0.25) is 9.69 Å². The summed E-state index contributed by atoms with van der Waals surface area (Å²) in [7, 11) is 1.44. The number of hydrogen-bond acceptors (Lipinski definition) is 4. The maximum atomic E-state index is 10.8. The molecule has 0 saturated heterocycles. The van der Waals surface area contributed by atoms with Crippen LogP contribution in [0, 0.1) is 0 Å². The van der Waals surface area contributed by atoms with Gasteiger partial charge in [-0.25, -0.2) is 0 Å². The third-order valence-electron chi connectivity index (χ3n) is 2.78. The van der Waals surface area contributed by atoms with Crippen LogP contribution in [0.3, 0.4) is 0 Å². The number of phenols is 1. The minimum Gasteiger partial charge on any atom is -0.504 e. The SMILES string of the molecule is COc1cc(Cl)cc(CN(CC(=O)O)C(C)C)c1O. The van der Waals surface area contributed by atoms with Gasteiger partial charge in [0.25, 0.3) is 0 Å². The number of nitrogens with zero attached hydrogens (tertiary/aromatic N) is 1. The number of benzene rings is 1. The monoisotopic (exact) mass is 287 g/mol. The van der Waals surface area contributed by atoms with Gasteiger partial charge in [-0.1, -0.05) is 11.6 Å². The molecule has 0 heterocycles. The first-order chi connectivity index (χ1) is 8.85. The van der Waals surface area contributed by atoms with Crippen LogP contribution in [0.1, 0.15) is 19.4 Å². The second kappa shape index (κ2) is 6.63. The second-order valence-electron chi connectivity index (χ2n) is 4.51. The number of carboxylic acids is 1. The summed E-state index contributed by atoms with van der Waals surface area (Å²) in [5.74, 6) is -0.647. The third-order valence-corrected chi connectivity index (χ3v) is 3.00. The van der Waals surface area contributed by atoms with Gasteiger partial charge in [0.1, 0.15) is 0 Å². The van der Waals surface area contributed by atoms with Gasteiger partial charge in [0, 0.05) is 29.2 Å². The fraction of sp³-hybridized carbons (Fsp3) is 0.462. The predicted octanol–water partition coefficient (Wildman–Crippen LogP) is 2.35. The normalized spacial score (nSPS) is 11.1. The molecule has 0 amide bonds. The summed E-state index contributed by atoms with van der Waals surface area (Å²) in [5, 5.41) is 19.3. The van der Waals surface area contributed by atoms with Crippen molar-refractivity contribution >= 4 is 17.6 Å². The van der Waals surface area contributed by atoms with Crippen molar-refractivity contribution in [1.29, 1.82) is 0 Å². The van der Waals surface area contributed by atoms with Gasteiger partial charge in [-0.15, -0.1) is 0 Å². The van der Waals surface area contributed by atoms with Crippen molar-refractivity contribution in [2.75, 3.05) is 13.7 Å². The zero-order chi connectivity index (χ0) is 14.6. The maximum absolute atomic E-state index is 10.8. The molecule has 0 aliphatic heterocycles. The molecule has 0 bridgehead atoms. The summed E-state index contributed by atoms with van der Waals surface area (Å²) in [4.78, 5) is 12.5. The molecule has 0 fully saturated rings. The van der Waals surface area contributed by atoms with Crippen LogP contribution < -0.4 is 4.74 Å². The summed E-state index contributed by atoms with van der Waals surface area (Å²) >= 11 is 5.94. The second-order valence-corrected chi connectivity index (χ2v) is 4.94. The maximum Gasteiger partial charge on any atom is 0.317 e. The number of methoxy groups -OCH3 is 1. The first kappa shape index (κ1) is 15.6. The number of aliphatic carboxylic acids is 1. The highest BCUT2D eigenvalue weighted by Crippen LogP contribution is 2.34. The van der Waals surface area contributed by atoms with Crippen molar-refractivity contribution in [3.05, 3.63) is 22.7 Å². The van der Waals surface area contributed by atoms with Crippen molar-refractivity contribution in [1.82, 2.24) is 4.90 Å². The average molecular weight is 288 g/mol. The molecule has 5 nitrogen and oxygen atoms in total. The number of aromatic hydroxyl groups is 1. The van der Waals surface area contributed by atoms with E-state index in [1.54, 1.807) is 11.0 Å². The Morgan fingerprint density at radius 1 is 1.47 bits per heavy atom. The number of hydrogen-bond donors (Lipinski definition) is 2. The number of ether oxygens (including phenoxy) is 1. The highest BCUT2D eigenvalue weighted by molar-refractivity contribution is 6.30. The lowest BCUT2D eigenvalue weighted by molar-refractivity contribution is -0.138. The topological polar surface area (TPSA) is 70.0 Å². The van der Waals surface area contributed by atoms with Crippen molar-refractivity contribution in [2.45, 2.75) is 26.4 Å². The Hall–Kier alpha value is -1.46. The number of phenolic OH excluding ortho intramolecular Hbond substituents is 1. The van der Waals surface area contributed by atoms with E-state index < -0.39 is 5.97 Å². The molecule has 1 rings (SSSR count). The Labute approximate surface area is 117 Å². The molecule has 0 unspecified atom stereocenters. The molecule has 0 aromatic heterocycles. The lowest BCUT2D eigenvalue weighted by atomic mass is 10.1. The standard InChI is InChI=1S/C13H18ClNO4/c1-8(2)15(7-12(16)17)6-9-4-10(14)5-11(19-3)13(9)18/h4-5,8,18H,6-7H2,1-3H3,(H,16,17). The fourth-order valence-electron chi connectivity index (χ4n) is 1.72. The van der Waals surface area contributed by atoms with E-state index in [1.807, 2.05) is 13.8 Å². The smallest absolute Gasteiger partial charge is 0.317 e. The fourth-order valence-corrected chi connectivity index (χ4v) is 1.95. The predicted molar refractivity (Wildman–Crippen MR) is 72.9 cm³/mol. The molecule has 0 aliphatic carbocycles. The van der Waals surface area contributed by atoms with E-state index >= 15 is 0 Å². The first-order valence-electron chi connectivity index (χ1n) is 5.86. The van der Waals surface area contributed by atoms with Gasteiger partial charge in [-0.2, -0.15) is 0 Å². The lowest BCUT2D eigenvalue weighted by Gasteiger charge is -2.25. The molecule has 0 aliphatic rings. The summed E-state index contributed by atoms with van der Waals surface area (Å²) in [6, 6.07) is 3.15. The molecule has 106 valence electrons. The van der Waals surface area contributed by atoms with Crippen LogP contribution in [-0.2, 0) is 11.3 Å². The van der Waals surface area contributed by atoms with Crippen LogP contribution in [-0.4, -0.2) is 40.8 Å². The number of halogens is 1. The number of carboxylic acid groups (broad SMARTS) is 1. The van der Waals surface area contributed by atoms with E-state index in [0.29, 0.717) is 10.6 Å². The first-order valence-corrected chi connectivity index (χ1v) is 6.24. The molecule has 6 heteroatoms. The van der Waals surface area contributed by atoms with Crippen molar-refractivity contribution in [2.24, 2.45) is 0 Å². The molecule has 1 aromatic carbocycles. The van der Waals surface area contributed by atoms with Crippen LogP contribution in [0.5, 0.6) is 11.5 Å². The molecule has 0 spiro atoms. The van der Waals surface area contributed by atoms with E-state index in [4.69, 9.17) is 21.4 Å². The number of carbonyl (C=O) groups is 1. The van der Waals surface area contributed by atoms with E-state index in [2.05, 4.69) is 0 Å². The minimum atomic E-state index is -0.915. The Kier molecular flexibility index (Phi) is 5.44. The Balaban J connectivity index is 3.02. The molecule has 0 atom stereocenters.